The number of hydrogen-bond acceptors (Lipinski definition) is 4. The van der Waals surface area contributed by atoms with Crippen LogP contribution in [0.5, 0.6) is 0 Å². The van der Waals surface area contributed by atoms with Gasteiger partial charge in [-0.2, -0.15) is 0 Å². The molecule has 0 atom stereocenters. The van der Waals surface area contributed by atoms with Crippen molar-refractivity contribution in [1.29, 1.82) is 0 Å². The Hall–Kier alpha value is -0.840. The smallest absolute Gasteiger partial charge is 0.103 e. The van der Waals surface area contributed by atoms with Gasteiger partial charge in [0.25, 0.3) is 0 Å². The Morgan fingerprint density at radius 3 is 2.94 bits per heavy atom. The summed E-state index contributed by atoms with van der Waals surface area (Å²) >= 11 is 3.74. The van der Waals surface area contributed by atoms with Gasteiger partial charge in [-0.05, 0) is 19.1 Å². The Balaban J connectivity index is 1.66. The number of rotatable bonds is 3. The lowest BCUT2D eigenvalue weighted by Gasteiger charge is -2.09. The first kappa shape index (κ1) is 12.2. The van der Waals surface area contributed by atoms with Crippen molar-refractivity contribution in [3.63, 3.8) is 0 Å². The third kappa shape index (κ3) is 2.76. The lowest BCUT2D eigenvalue weighted by Crippen LogP contribution is -2.22. The highest BCUT2D eigenvalue weighted by molar-refractivity contribution is 7.98. The molecule has 1 aromatic heterocycles. The lowest BCUT2D eigenvalue weighted by atomic mass is 10.2. The summed E-state index contributed by atoms with van der Waals surface area (Å²) in [5.74, 6) is 0.987. The predicted octanol–water partition coefficient (Wildman–Crippen LogP) is 3.39. The molecule has 1 aliphatic heterocycles. The molecule has 0 amide bonds. The van der Waals surface area contributed by atoms with E-state index in [1.807, 2.05) is 23.1 Å². The first-order valence-electron chi connectivity index (χ1n) is 6.19. The predicted molar refractivity (Wildman–Crippen MR) is 78.3 cm³/mol. The van der Waals surface area contributed by atoms with Crippen LogP contribution in [0, 0.1) is 6.92 Å². The minimum Gasteiger partial charge on any atom is -0.311 e. The van der Waals surface area contributed by atoms with Gasteiger partial charge in [0.1, 0.15) is 5.01 Å². The Bertz CT molecular complexity index is 508. The summed E-state index contributed by atoms with van der Waals surface area (Å²) in [7, 11) is 0. The molecular weight excluding hydrogens is 260 g/mol. The summed E-state index contributed by atoms with van der Waals surface area (Å²) < 4.78 is 0. The zero-order valence-electron chi connectivity index (χ0n) is 10.4. The summed E-state index contributed by atoms with van der Waals surface area (Å²) in [6, 6.07) is 8.71. The van der Waals surface area contributed by atoms with Crippen LogP contribution in [0.25, 0.3) is 0 Å². The van der Waals surface area contributed by atoms with E-state index in [4.69, 9.17) is 4.98 Å². The highest BCUT2D eigenvalue weighted by atomic mass is 32.2. The maximum atomic E-state index is 4.74. The van der Waals surface area contributed by atoms with Gasteiger partial charge in [-0.1, -0.05) is 17.7 Å². The molecule has 2 heterocycles. The topological polar surface area (TPSA) is 24.9 Å². The van der Waals surface area contributed by atoms with E-state index < -0.39 is 0 Å². The minimum absolute atomic E-state index is 0.987. The van der Waals surface area contributed by atoms with Gasteiger partial charge in [0, 0.05) is 29.3 Å². The molecule has 1 N–H and O–H groups in total. The number of benzene rings is 1. The van der Waals surface area contributed by atoms with Crippen LogP contribution in [-0.2, 0) is 18.7 Å². The summed E-state index contributed by atoms with van der Waals surface area (Å²) in [5, 5.41) is 4.66. The van der Waals surface area contributed by atoms with E-state index in [9.17, 15) is 0 Å². The third-order valence-electron chi connectivity index (χ3n) is 3.03. The summed E-state index contributed by atoms with van der Waals surface area (Å²) in [6.45, 7) is 4.19. The normalized spacial score (nSPS) is 14.5. The molecule has 18 heavy (non-hydrogen) atoms. The first-order valence-corrected chi connectivity index (χ1v) is 7.99. The maximum Gasteiger partial charge on any atom is 0.103 e. The second-order valence-electron chi connectivity index (χ2n) is 4.51. The van der Waals surface area contributed by atoms with Gasteiger partial charge in [0.05, 0.1) is 11.4 Å². The van der Waals surface area contributed by atoms with Gasteiger partial charge < -0.3 is 5.32 Å². The number of hydrogen-bond donors (Lipinski definition) is 1. The lowest BCUT2D eigenvalue weighted by molar-refractivity contribution is 0.643. The summed E-state index contributed by atoms with van der Waals surface area (Å²) in [5.41, 5.74) is 2.63. The molecule has 0 spiro atoms. The first-order chi connectivity index (χ1) is 8.81. The van der Waals surface area contributed by atoms with Crippen LogP contribution < -0.4 is 5.32 Å². The second kappa shape index (κ2) is 5.43. The molecule has 0 saturated heterocycles. The van der Waals surface area contributed by atoms with Crippen molar-refractivity contribution in [2.24, 2.45) is 0 Å². The monoisotopic (exact) mass is 276 g/mol. The van der Waals surface area contributed by atoms with E-state index in [-0.39, 0.29) is 0 Å². The number of thioether (sulfide) groups is 1. The van der Waals surface area contributed by atoms with Crippen molar-refractivity contribution in [3.05, 3.63) is 45.4 Å². The molecule has 3 rings (SSSR count). The molecule has 0 fully saturated rings. The number of aryl methyl sites for hydroxylation is 1. The van der Waals surface area contributed by atoms with Crippen LogP contribution in [0.2, 0.25) is 0 Å². The molecule has 0 saturated carbocycles. The third-order valence-corrected chi connectivity index (χ3v) is 5.33. The largest absolute Gasteiger partial charge is 0.311 e. The molecule has 2 aromatic rings. The van der Waals surface area contributed by atoms with Crippen LogP contribution in [0.4, 0.5) is 0 Å². The fraction of sp³-hybridized carbons (Fsp3) is 0.357. The van der Waals surface area contributed by atoms with Crippen LogP contribution >= 0.6 is 23.1 Å². The van der Waals surface area contributed by atoms with Crippen molar-refractivity contribution < 1.29 is 0 Å². The van der Waals surface area contributed by atoms with Gasteiger partial charge in [-0.25, -0.2) is 4.98 Å². The van der Waals surface area contributed by atoms with Crippen molar-refractivity contribution in [2.45, 2.75) is 30.5 Å². The van der Waals surface area contributed by atoms with Crippen molar-refractivity contribution in [2.75, 3.05) is 6.54 Å². The number of fused-ring (bicyclic) bond motifs is 1. The number of nitrogens with zero attached hydrogens (tertiary/aromatic N) is 1. The van der Waals surface area contributed by atoms with Gasteiger partial charge >= 0.3 is 0 Å². The Morgan fingerprint density at radius 2 is 2.17 bits per heavy atom. The molecular formula is C14H16N2S2. The fourth-order valence-corrected chi connectivity index (χ4v) is 4.00. The molecule has 2 nitrogen and oxygen atoms in total. The minimum atomic E-state index is 0.987. The average Bonchev–Trinajstić information content (AvgIpc) is 2.81. The molecule has 0 aliphatic carbocycles. The SMILES string of the molecule is Cc1ccc(SCc2nc3c(s2)CNCC3)cc1. The summed E-state index contributed by atoms with van der Waals surface area (Å²) in [4.78, 5) is 7.50. The molecule has 0 unspecified atom stereocenters. The molecule has 0 radical (unpaired) electrons. The molecule has 4 heteroatoms. The van der Waals surface area contributed by atoms with E-state index in [2.05, 4.69) is 36.5 Å². The van der Waals surface area contributed by atoms with Crippen LogP contribution in [0.15, 0.2) is 29.2 Å². The van der Waals surface area contributed by atoms with E-state index in [1.165, 1.54) is 26.0 Å². The molecule has 1 aliphatic rings. The van der Waals surface area contributed by atoms with Gasteiger partial charge in [-0.3, -0.25) is 0 Å². The van der Waals surface area contributed by atoms with E-state index in [0.717, 1.165) is 25.3 Å². The van der Waals surface area contributed by atoms with E-state index >= 15 is 0 Å². The quantitative estimate of drug-likeness (QED) is 0.870. The van der Waals surface area contributed by atoms with Crippen LogP contribution in [0.3, 0.4) is 0 Å². The molecule has 0 bridgehead atoms. The highest BCUT2D eigenvalue weighted by Gasteiger charge is 2.14. The van der Waals surface area contributed by atoms with Crippen LogP contribution in [-0.4, -0.2) is 11.5 Å². The highest BCUT2D eigenvalue weighted by Crippen LogP contribution is 2.28. The average molecular weight is 276 g/mol. The zero-order chi connectivity index (χ0) is 12.4. The maximum absolute atomic E-state index is 4.74. The van der Waals surface area contributed by atoms with Gasteiger partial charge in [-0.15, -0.1) is 23.1 Å². The molecule has 1 aromatic carbocycles. The summed E-state index contributed by atoms with van der Waals surface area (Å²) in [6.07, 6.45) is 1.08. The van der Waals surface area contributed by atoms with Gasteiger partial charge in [0.15, 0.2) is 0 Å². The second-order valence-corrected chi connectivity index (χ2v) is 6.72. The van der Waals surface area contributed by atoms with Crippen LogP contribution in [0.1, 0.15) is 21.1 Å². The Morgan fingerprint density at radius 1 is 1.33 bits per heavy atom. The number of aromatic nitrogens is 1. The number of nitrogens with one attached hydrogen (secondary N) is 1. The van der Waals surface area contributed by atoms with Crippen molar-refractivity contribution in [1.82, 2.24) is 10.3 Å². The van der Waals surface area contributed by atoms with E-state index in [1.54, 1.807) is 0 Å². The number of thiazole rings is 1. The Kier molecular flexibility index (Phi) is 3.68. The van der Waals surface area contributed by atoms with Gasteiger partial charge in [0.2, 0.25) is 0 Å². The van der Waals surface area contributed by atoms with Crippen molar-refractivity contribution >= 4 is 23.1 Å². The van der Waals surface area contributed by atoms with Crippen molar-refractivity contribution in [3.8, 4) is 0 Å². The van der Waals surface area contributed by atoms with E-state index in [0.29, 0.717) is 0 Å². The molecule has 94 valence electrons. The standard InChI is InChI=1S/C14H16N2S2/c1-10-2-4-11(5-3-10)17-9-14-16-12-6-7-15-8-13(12)18-14/h2-5,15H,6-9H2,1H3. The Labute approximate surface area is 116 Å². The fourth-order valence-electron chi connectivity index (χ4n) is 2.02. The zero-order valence-corrected chi connectivity index (χ0v) is 12.0.